The molecule has 2 atom stereocenters. The molecule has 0 aliphatic carbocycles. The van der Waals surface area contributed by atoms with Crippen LogP contribution in [0.2, 0.25) is 0 Å². The molecule has 3 aromatic carbocycles. The van der Waals surface area contributed by atoms with Gasteiger partial charge in [-0.2, -0.15) is 4.98 Å². The Morgan fingerprint density at radius 1 is 0.857 bits per heavy atom. The Morgan fingerprint density at radius 3 is 2.24 bits per heavy atom. The molecule has 3 amide bonds. The average molecular weight is 981 g/mol. The number of anilines is 6. The molecule has 3 N–H and O–H groups in total. The van der Waals surface area contributed by atoms with E-state index in [1.165, 1.54) is 18.2 Å². The van der Waals surface area contributed by atoms with Gasteiger partial charge in [-0.3, -0.25) is 29.6 Å². The van der Waals surface area contributed by atoms with Gasteiger partial charge in [0.1, 0.15) is 36.2 Å². The van der Waals surface area contributed by atoms with Crippen LogP contribution in [-0.2, 0) is 25.4 Å². The molecular formula is C51H60F3N10O5P. The maximum atomic E-state index is 15.3. The van der Waals surface area contributed by atoms with Crippen LogP contribution in [0.4, 0.5) is 47.7 Å². The van der Waals surface area contributed by atoms with Crippen molar-refractivity contribution < 1.29 is 36.9 Å². The Bertz CT molecular complexity index is 2900. The summed E-state index contributed by atoms with van der Waals surface area (Å²) >= 11 is 0. The molecule has 4 saturated heterocycles. The van der Waals surface area contributed by atoms with E-state index in [-0.39, 0.29) is 35.9 Å². The molecule has 370 valence electrons. The van der Waals surface area contributed by atoms with E-state index in [0.717, 1.165) is 62.3 Å². The highest BCUT2D eigenvalue weighted by molar-refractivity contribution is 7.71. The molecule has 0 radical (unpaired) electrons. The predicted octanol–water partition coefficient (Wildman–Crippen LogP) is 7.52. The summed E-state index contributed by atoms with van der Waals surface area (Å²) in [6.45, 7) is 14.3. The van der Waals surface area contributed by atoms with Gasteiger partial charge in [0, 0.05) is 110 Å². The summed E-state index contributed by atoms with van der Waals surface area (Å²) in [6.07, 6.45) is 5.07. The summed E-state index contributed by atoms with van der Waals surface area (Å²) in [5.74, 6) is -3.07. The molecule has 15 nitrogen and oxygen atoms in total. The number of amides is 3. The van der Waals surface area contributed by atoms with Gasteiger partial charge in [-0.15, -0.1) is 0 Å². The van der Waals surface area contributed by atoms with Crippen LogP contribution in [0, 0.1) is 37.2 Å². The number of rotatable bonds is 12. The van der Waals surface area contributed by atoms with Crippen molar-refractivity contribution in [2.45, 2.75) is 71.3 Å². The summed E-state index contributed by atoms with van der Waals surface area (Å²) in [7, 11) is -1.28. The molecule has 0 saturated carbocycles. The van der Waals surface area contributed by atoms with E-state index in [0.29, 0.717) is 89.4 Å². The number of aryl methyl sites for hydroxylation is 3. The molecule has 2 aromatic heterocycles. The SMILES string of the molecule is CCc1cc(Nc2ncc(C)c(Nc3ccc4nc(C)c(F)cc4c3P(C)(C)=O)n2)c(OC)cc1N1CCC(N2CCN(C(=O)[C@@H]3CCN(c4cc(F)c([C@H]5CCC(=O)NC5=O)c(F)c4)C3)CC2)CC1. The largest absolute Gasteiger partial charge is 0.494 e. The molecule has 4 fully saturated rings. The molecule has 6 heterocycles. The number of imide groups is 1. The van der Waals surface area contributed by atoms with Crippen molar-refractivity contribution >= 4 is 75.6 Å². The molecule has 0 unspecified atom stereocenters. The molecule has 4 aliphatic heterocycles. The highest BCUT2D eigenvalue weighted by Gasteiger charge is 2.37. The Balaban J connectivity index is 0.800. The number of nitrogens with zero attached hydrogens (tertiary/aromatic N) is 7. The number of fused-ring (bicyclic) bond motifs is 1. The van der Waals surface area contributed by atoms with E-state index >= 15 is 8.78 Å². The number of piperidine rings is 2. The molecule has 0 spiro atoms. The van der Waals surface area contributed by atoms with Crippen LogP contribution >= 0.6 is 7.14 Å². The van der Waals surface area contributed by atoms with Crippen LogP contribution in [0.5, 0.6) is 5.75 Å². The second kappa shape index (κ2) is 19.9. The van der Waals surface area contributed by atoms with Gasteiger partial charge in [-0.05, 0) is 101 Å². The Hall–Kier alpha value is -6.26. The van der Waals surface area contributed by atoms with E-state index in [2.05, 4.69) is 54.8 Å². The van der Waals surface area contributed by atoms with Crippen molar-refractivity contribution in [1.29, 1.82) is 0 Å². The highest BCUT2D eigenvalue weighted by Crippen LogP contribution is 2.43. The third kappa shape index (κ3) is 9.89. The summed E-state index contributed by atoms with van der Waals surface area (Å²) in [4.78, 5) is 60.1. The lowest BCUT2D eigenvalue weighted by Crippen LogP contribution is -2.55. The smallest absolute Gasteiger partial charge is 0.234 e. The number of benzene rings is 3. The van der Waals surface area contributed by atoms with E-state index in [9.17, 15) is 23.3 Å². The first kappa shape index (κ1) is 48.8. The first-order valence-electron chi connectivity index (χ1n) is 24.1. The number of piperazine rings is 1. The number of carbonyl (C=O) groups is 3. The van der Waals surface area contributed by atoms with Gasteiger partial charge in [0.2, 0.25) is 23.7 Å². The molecule has 5 aromatic rings. The maximum absolute atomic E-state index is 15.3. The van der Waals surface area contributed by atoms with Gasteiger partial charge in [-0.1, -0.05) is 6.92 Å². The van der Waals surface area contributed by atoms with Gasteiger partial charge in [0.25, 0.3) is 0 Å². The quantitative estimate of drug-likeness (QED) is 0.0831. The first-order valence-corrected chi connectivity index (χ1v) is 26.7. The van der Waals surface area contributed by atoms with Crippen LogP contribution in [0.25, 0.3) is 10.9 Å². The van der Waals surface area contributed by atoms with Crippen molar-refractivity contribution in [3.63, 3.8) is 0 Å². The fourth-order valence-electron chi connectivity index (χ4n) is 10.6. The van der Waals surface area contributed by atoms with Crippen LogP contribution in [0.1, 0.15) is 67.3 Å². The van der Waals surface area contributed by atoms with Gasteiger partial charge in [0.15, 0.2) is 0 Å². The van der Waals surface area contributed by atoms with Crippen molar-refractivity contribution in [1.82, 2.24) is 30.1 Å². The fourth-order valence-corrected chi connectivity index (χ4v) is 12.1. The monoisotopic (exact) mass is 980 g/mol. The Labute approximate surface area is 405 Å². The molecule has 19 heteroatoms. The lowest BCUT2D eigenvalue weighted by molar-refractivity contribution is -0.137. The second-order valence-corrected chi connectivity index (χ2v) is 22.4. The molecular weight excluding hydrogens is 921 g/mol. The van der Waals surface area contributed by atoms with Crippen LogP contribution in [0.3, 0.4) is 0 Å². The number of aromatic nitrogens is 3. The van der Waals surface area contributed by atoms with E-state index in [1.807, 2.05) is 16.7 Å². The average Bonchev–Trinajstić information content (AvgIpc) is 3.83. The molecule has 0 bridgehead atoms. The van der Waals surface area contributed by atoms with Gasteiger partial charge < -0.3 is 34.6 Å². The topological polar surface area (TPSA) is 165 Å². The summed E-state index contributed by atoms with van der Waals surface area (Å²) in [5, 5.41) is 9.90. The van der Waals surface area contributed by atoms with E-state index in [1.54, 1.807) is 45.7 Å². The number of hydrogen-bond acceptors (Lipinski definition) is 13. The third-order valence-electron chi connectivity index (χ3n) is 14.4. The zero-order valence-corrected chi connectivity index (χ0v) is 41.4. The summed E-state index contributed by atoms with van der Waals surface area (Å²) < 4.78 is 65.0. The number of hydrogen-bond donors (Lipinski definition) is 3. The molecule has 70 heavy (non-hydrogen) atoms. The highest BCUT2D eigenvalue weighted by atomic mass is 31.2. The van der Waals surface area contributed by atoms with Crippen LogP contribution < -0.4 is 35.8 Å². The van der Waals surface area contributed by atoms with E-state index in [4.69, 9.17) is 9.72 Å². The predicted molar refractivity (Wildman–Crippen MR) is 266 cm³/mol. The number of carbonyl (C=O) groups excluding carboxylic acids is 3. The standard InChI is InChI=1S/C51H60F3N10O5P/c1-7-31-22-42(58-51-55-27-29(2)48(60-51)57-41-10-9-40-36(47(41)70(5,6)68)25-37(52)30(3)56-40)44(69-4)26-43(31)62-16-13-33(14-17-62)61-18-20-63(21-19-61)50(67)32-12-15-64(28-32)34-23-38(53)46(39(54)24-34)35-8-11-45(65)59-49(35)66/h9-10,22-27,32-33,35H,7-8,11-21,28H2,1-6H3,(H,59,65,66)(H2,55,57,58,60)/t32-,35-/m1/s1. The first-order chi connectivity index (χ1) is 33.5. The van der Waals surface area contributed by atoms with Crippen molar-refractivity contribution in [2.75, 3.05) is 93.2 Å². The minimum absolute atomic E-state index is 0.0218. The van der Waals surface area contributed by atoms with Gasteiger partial charge in [-0.25, -0.2) is 18.2 Å². The number of methoxy groups -OCH3 is 1. The van der Waals surface area contributed by atoms with Crippen molar-refractivity contribution in [3.05, 3.63) is 88.5 Å². The Morgan fingerprint density at radius 2 is 1.57 bits per heavy atom. The normalized spacial score (nSPS) is 19.5. The summed E-state index contributed by atoms with van der Waals surface area (Å²) in [6, 6.07) is 12.0. The lowest BCUT2D eigenvalue weighted by atomic mass is 9.89. The van der Waals surface area contributed by atoms with E-state index < -0.39 is 42.3 Å². The minimum atomic E-state index is -2.92. The molecule has 9 rings (SSSR count). The summed E-state index contributed by atoms with van der Waals surface area (Å²) in [5.41, 5.74) is 5.13. The zero-order chi connectivity index (χ0) is 49.6. The third-order valence-corrected chi connectivity index (χ3v) is 16.0. The van der Waals surface area contributed by atoms with Crippen molar-refractivity contribution in [3.8, 4) is 5.75 Å². The lowest BCUT2D eigenvalue weighted by Gasteiger charge is -2.44. The van der Waals surface area contributed by atoms with Crippen molar-refractivity contribution in [2.24, 2.45) is 5.92 Å². The zero-order valence-electron chi connectivity index (χ0n) is 40.5. The number of nitrogens with one attached hydrogen (secondary N) is 3. The number of pyridine rings is 1. The van der Waals surface area contributed by atoms with Gasteiger partial charge in [0.05, 0.1) is 41.5 Å². The van der Waals surface area contributed by atoms with Gasteiger partial charge >= 0.3 is 0 Å². The number of halogens is 3. The van der Waals surface area contributed by atoms with Crippen LogP contribution in [0.15, 0.2) is 48.7 Å². The second-order valence-electron chi connectivity index (χ2n) is 19.3. The maximum Gasteiger partial charge on any atom is 0.234 e. The fraction of sp³-hybridized carbons (Fsp3) is 0.451. The Kier molecular flexibility index (Phi) is 13.8. The molecule has 4 aliphatic rings. The minimum Gasteiger partial charge on any atom is -0.494 e. The van der Waals surface area contributed by atoms with Crippen LogP contribution in [-0.4, -0.2) is 121 Å². The number of ether oxygens (including phenoxy) is 1.